The van der Waals surface area contributed by atoms with Crippen molar-refractivity contribution in [2.45, 2.75) is 64.7 Å². The largest absolute Gasteiger partial charge is 0.444 e. The number of hydrogen-bond acceptors (Lipinski definition) is 6. The molecule has 1 heterocycles. The minimum Gasteiger partial charge on any atom is -0.444 e. The first kappa shape index (κ1) is 25.4. The van der Waals surface area contributed by atoms with E-state index in [0.717, 1.165) is 24.8 Å². The number of carbonyl (C=O) groups is 3. The predicted octanol–water partition coefficient (Wildman–Crippen LogP) is 2.64. The number of ether oxygens (including phenoxy) is 1. The maximum atomic E-state index is 12.6. The fourth-order valence-electron chi connectivity index (χ4n) is 3.15. The van der Waals surface area contributed by atoms with E-state index in [0.29, 0.717) is 13.0 Å². The van der Waals surface area contributed by atoms with Gasteiger partial charge in [0.05, 0.1) is 13.2 Å². The van der Waals surface area contributed by atoms with Crippen molar-refractivity contribution in [2.75, 3.05) is 19.7 Å². The van der Waals surface area contributed by atoms with Gasteiger partial charge < -0.3 is 15.0 Å². The molecule has 0 spiro atoms. The molecule has 0 saturated carbocycles. The van der Waals surface area contributed by atoms with Gasteiger partial charge in [-0.3, -0.25) is 14.5 Å². The zero-order valence-corrected chi connectivity index (χ0v) is 19.0. The van der Waals surface area contributed by atoms with Crippen LogP contribution in [0.15, 0.2) is 30.3 Å². The van der Waals surface area contributed by atoms with Crippen LogP contribution in [0.4, 0.5) is 9.59 Å². The molecule has 1 aliphatic rings. The van der Waals surface area contributed by atoms with Crippen LogP contribution in [-0.4, -0.2) is 54.3 Å². The average molecular weight is 451 g/mol. The zero-order valence-electron chi connectivity index (χ0n) is 19.0. The number of rotatable bonds is 8. The van der Waals surface area contributed by atoms with Gasteiger partial charge in [-0.15, -0.1) is 0 Å². The van der Waals surface area contributed by atoms with E-state index in [1.165, 1.54) is 4.90 Å². The van der Waals surface area contributed by atoms with Gasteiger partial charge >= 0.3 is 12.1 Å². The molecule has 1 aromatic rings. The second kappa shape index (κ2) is 12.9. The number of amides is 4. The monoisotopic (exact) mass is 450 g/mol. The van der Waals surface area contributed by atoms with Gasteiger partial charge in [0.25, 0.3) is 5.91 Å². The lowest BCUT2D eigenvalue weighted by Crippen LogP contribution is -2.52. The van der Waals surface area contributed by atoms with Crippen LogP contribution in [-0.2, 0) is 25.8 Å². The molecular weight excluding hydrogens is 416 g/mol. The Hall–Kier alpha value is -2.85. The summed E-state index contributed by atoms with van der Waals surface area (Å²) in [5, 5.41) is 2.54. The summed E-state index contributed by atoms with van der Waals surface area (Å²) in [4.78, 5) is 48.8. The van der Waals surface area contributed by atoms with Crippen LogP contribution >= 0.6 is 0 Å². The molecule has 178 valence electrons. The number of nitrogens with zero attached hydrogens (tertiary/aromatic N) is 1. The molecule has 0 radical (unpaired) electrons. The smallest absolute Gasteiger partial charge is 0.407 e. The van der Waals surface area contributed by atoms with Gasteiger partial charge in [-0.1, -0.05) is 43.2 Å². The number of carbonyl (C=O) groups excluding carboxylic acids is 3. The minimum absolute atomic E-state index is 0.0596. The molecule has 4 amide bonds. The average Bonchev–Trinajstić information content (AvgIpc) is 2.99. The van der Waals surface area contributed by atoms with Crippen molar-refractivity contribution in [3.63, 3.8) is 0 Å². The van der Waals surface area contributed by atoms with Gasteiger partial charge in [0.15, 0.2) is 0 Å². The molecule has 1 saturated heterocycles. The lowest BCUT2D eigenvalue weighted by atomic mass is 10.1. The van der Waals surface area contributed by atoms with Crippen molar-refractivity contribution in [1.82, 2.24) is 21.2 Å². The van der Waals surface area contributed by atoms with Gasteiger partial charge in [-0.05, 0) is 39.2 Å². The zero-order chi connectivity index (χ0) is 23.4. The summed E-state index contributed by atoms with van der Waals surface area (Å²) in [6.45, 7) is 6.20. The first-order chi connectivity index (χ1) is 15.3. The van der Waals surface area contributed by atoms with Crippen LogP contribution in [0.2, 0.25) is 0 Å². The van der Waals surface area contributed by atoms with E-state index in [-0.39, 0.29) is 19.8 Å². The quantitative estimate of drug-likeness (QED) is 0.414. The summed E-state index contributed by atoms with van der Waals surface area (Å²) in [6, 6.07) is 8.33. The minimum atomic E-state index is -0.670. The van der Waals surface area contributed by atoms with Crippen molar-refractivity contribution in [2.24, 2.45) is 0 Å². The molecule has 10 heteroatoms. The third-order valence-electron chi connectivity index (χ3n) is 4.60. The van der Waals surface area contributed by atoms with Crippen molar-refractivity contribution in [3.8, 4) is 0 Å². The van der Waals surface area contributed by atoms with E-state index < -0.39 is 29.7 Å². The van der Waals surface area contributed by atoms with Crippen molar-refractivity contribution in [1.29, 1.82) is 0 Å². The second-order valence-electron chi connectivity index (χ2n) is 8.48. The number of likely N-dealkylation sites (tertiary alicyclic amines) is 1. The van der Waals surface area contributed by atoms with Gasteiger partial charge in [0, 0.05) is 13.1 Å². The Kier molecular flexibility index (Phi) is 10.2. The molecule has 1 atom stereocenters. The highest BCUT2D eigenvalue weighted by molar-refractivity contribution is 5.86. The number of benzene rings is 1. The molecule has 10 nitrogen and oxygen atoms in total. The van der Waals surface area contributed by atoms with Crippen molar-refractivity contribution < 1.29 is 28.8 Å². The standard InChI is InChI=1S/C22H34N4O6/c1-22(2,3)32-21(29)23-13-15-30-24-19(27)18-12-8-5-9-14-26(18)20(28)25-31-16-17-10-6-4-7-11-17/h4,6-7,10-11,18H,5,8-9,12-16H2,1-3H3,(H,23,29)(H,24,27)(H,25,28)/t18-/m0/s1. The summed E-state index contributed by atoms with van der Waals surface area (Å²) in [6.07, 6.45) is 2.52. The maximum Gasteiger partial charge on any atom is 0.407 e. The Labute approximate surface area is 188 Å². The first-order valence-corrected chi connectivity index (χ1v) is 10.9. The van der Waals surface area contributed by atoms with Crippen molar-refractivity contribution in [3.05, 3.63) is 35.9 Å². The molecule has 0 bridgehead atoms. The Balaban J connectivity index is 1.75. The Bertz CT molecular complexity index is 738. The Morgan fingerprint density at radius 2 is 1.78 bits per heavy atom. The summed E-state index contributed by atoms with van der Waals surface area (Å²) in [5.41, 5.74) is 5.13. The van der Waals surface area contributed by atoms with Crippen LogP contribution in [0.1, 0.15) is 52.0 Å². The fourth-order valence-corrected chi connectivity index (χ4v) is 3.15. The Morgan fingerprint density at radius 3 is 2.50 bits per heavy atom. The van der Waals surface area contributed by atoms with E-state index in [4.69, 9.17) is 14.4 Å². The molecule has 1 aliphatic heterocycles. The van der Waals surface area contributed by atoms with Crippen LogP contribution in [0, 0.1) is 0 Å². The van der Waals surface area contributed by atoms with Crippen molar-refractivity contribution >= 4 is 18.0 Å². The highest BCUT2D eigenvalue weighted by atomic mass is 16.7. The van der Waals surface area contributed by atoms with E-state index in [1.807, 2.05) is 30.3 Å². The topological polar surface area (TPSA) is 118 Å². The number of hydroxylamine groups is 2. The van der Waals surface area contributed by atoms with E-state index in [2.05, 4.69) is 16.3 Å². The van der Waals surface area contributed by atoms with E-state index in [9.17, 15) is 14.4 Å². The Morgan fingerprint density at radius 1 is 1.03 bits per heavy atom. The SMILES string of the molecule is CC(C)(C)OC(=O)NCCONC(=O)[C@@H]1CCCCCN1C(=O)NOCc1ccccc1. The highest BCUT2D eigenvalue weighted by Crippen LogP contribution is 2.17. The lowest BCUT2D eigenvalue weighted by Gasteiger charge is -2.28. The summed E-state index contributed by atoms with van der Waals surface area (Å²) >= 11 is 0. The van der Waals surface area contributed by atoms with Gasteiger partial charge in [-0.2, -0.15) is 0 Å². The third kappa shape index (κ3) is 9.52. The van der Waals surface area contributed by atoms with Gasteiger partial charge in [0.2, 0.25) is 0 Å². The second-order valence-corrected chi connectivity index (χ2v) is 8.48. The van der Waals surface area contributed by atoms with Crippen LogP contribution in [0.5, 0.6) is 0 Å². The van der Waals surface area contributed by atoms with E-state index >= 15 is 0 Å². The molecule has 1 fully saturated rings. The third-order valence-corrected chi connectivity index (χ3v) is 4.60. The summed E-state index contributed by atoms with van der Waals surface area (Å²) in [7, 11) is 0. The highest BCUT2D eigenvalue weighted by Gasteiger charge is 2.31. The summed E-state index contributed by atoms with van der Waals surface area (Å²) in [5.74, 6) is -0.414. The summed E-state index contributed by atoms with van der Waals surface area (Å²) < 4.78 is 5.12. The number of alkyl carbamates (subject to hydrolysis) is 1. The van der Waals surface area contributed by atoms with Gasteiger partial charge in [-0.25, -0.2) is 20.5 Å². The van der Waals surface area contributed by atoms with Crippen LogP contribution in [0.3, 0.4) is 0 Å². The van der Waals surface area contributed by atoms with Crippen LogP contribution < -0.4 is 16.3 Å². The molecule has 0 aromatic heterocycles. The maximum absolute atomic E-state index is 12.6. The predicted molar refractivity (Wildman–Crippen MR) is 117 cm³/mol. The van der Waals surface area contributed by atoms with Crippen LogP contribution in [0.25, 0.3) is 0 Å². The first-order valence-electron chi connectivity index (χ1n) is 10.9. The molecule has 0 aliphatic carbocycles. The van der Waals surface area contributed by atoms with E-state index in [1.54, 1.807) is 20.8 Å². The fraction of sp³-hybridized carbons (Fsp3) is 0.591. The molecule has 3 N–H and O–H groups in total. The molecule has 32 heavy (non-hydrogen) atoms. The number of urea groups is 1. The molecular formula is C22H34N4O6. The molecule has 1 aromatic carbocycles. The van der Waals surface area contributed by atoms with Gasteiger partial charge in [0.1, 0.15) is 11.6 Å². The number of hydrogen-bond donors (Lipinski definition) is 3. The lowest BCUT2D eigenvalue weighted by molar-refractivity contribution is -0.138. The number of nitrogens with one attached hydrogen (secondary N) is 3. The molecule has 2 rings (SSSR count). The molecule has 0 unspecified atom stereocenters. The normalized spacial score (nSPS) is 16.6.